The smallest absolute Gasteiger partial charge is 0.319 e. The van der Waals surface area contributed by atoms with Crippen molar-refractivity contribution in [1.82, 2.24) is 55.7 Å². The average molecular weight is 1120 g/mol. The molecule has 4 aromatic carbocycles. The number of rotatable bonds is 19. The summed E-state index contributed by atoms with van der Waals surface area (Å²) < 4.78 is 36.7. The Morgan fingerprint density at radius 3 is 2.46 bits per heavy atom. The number of fused-ring (bicyclic) bond motifs is 2. The van der Waals surface area contributed by atoms with E-state index in [4.69, 9.17) is 24.2 Å². The Bertz CT molecular complexity index is 3570. The highest BCUT2D eigenvalue weighted by Gasteiger charge is 2.43. The number of anilines is 1. The van der Waals surface area contributed by atoms with Gasteiger partial charge in [0, 0.05) is 66.7 Å². The maximum Gasteiger partial charge on any atom is 0.319 e. The molecule has 0 bridgehead atoms. The molecule has 3 aliphatic rings. The number of amides is 2. The van der Waals surface area contributed by atoms with E-state index in [1.54, 1.807) is 43.3 Å². The number of aromatic nitrogens is 8. The molecule has 0 unspecified atom stereocenters. The largest absolute Gasteiger partial charge is 0.486 e. The Hall–Kier alpha value is -7.43. The van der Waals surface area contributed by atoms with Gasteiger partial charge in [-0.25, -0.2) is 14.1 Å². The molecule has 81 heavy (non-hydrogen) atoms. The Morgan fingerprint density at radius 1 is 0.963 bits per heavy atom. The molecule has 19 nitrogen and oxygen atoms in total. The van der Waals surface area contributed by atoms with Crippen LogP contribution in [0.1, 0.15) is 99.3 Å². The summed E-state index contributed by atoms with van der Waals surface area (Å²) in [6.45, 7) is 14.0. The van der Waals surface area contributed by atoms with E-state index >= 15 is 4.39 Å². The van der Waals surface area contributed by atoms with E-state index in [0.717, 1.165) is 87.3 Å². The molecule has 2 amide bonds. The molecule has 1 saturated carbocycles. The normalized spacial score (nSPS) is 18.8. The molecule has 2 aliphatic heterocycles. The molecule has 1 aliphatic carbocycles. The molecule has 2 saturated heterocycles. The van der Waals surface area contributed by atoms with Crippen LogP contribution in [0.3, 0.4) is 0 Å². The van der Waals surface area contributed by atoms with Crippen molar-refractivity contribution in [2.45, 2.75) is 116 Å². The van der Waals surface area contributed by atoms with Crippen molar-refractivity contribution in [2.24, 2.45) is 5.92 Å². The van der Waals surface area contributed by atoms with Crippen molar-refractivity contribution in [3.05, 3.63) is 112 Å². The highest BCUT2D eigenvalue weighted by atomic mass is 32.1. The maximum absolute atomic E-state index is 16.1. The van der Waals surface area contributed by atoms with E-state index in [9.17, 15) is 19.8 Å². The number of aryl methyl sites for hydroxylation is 1. The predicted molar refractivity (Wildman–Crippen MR) is 308 cm³/mol. The van der Waals surface area contributed by atoms with E-state index < -0.39 is 30.1 Å². The minimum atomic E-state index is -0.982. The van der Waals surface area contributed by atoms with Crippen LogP contribution in [0.4, 0.5) is 10.2 Å². The molecule has 6 heterocycles. The fourth-order valence-corrected chi connectivity index (χ4v) is 12.1. The second kappa shape index (κ2) is 23.6. The molecular formula is C60H69FN12O7S. The van der Waals surface area contributed by atoms with Crippen molar-refractivity contribution < 1.29 is 38.4 Å². The van der Waals surface area contributed by atoms with Gasteiger partial charge in [0.1, 0.15) is 48.1 Å². The van der Waals surface area contributed by atoms with Crippen LogP contribution in [0.5, 0.6) is 11.8 Å². The number of aromatic amines is 1. The molecule has 4 aromatic heterocycles. The van der Waals surface area contributed by atoms with Crippen molar-refractivity contribution in [2.75, 3.05) is 51.4 Å². The van der Waals surface area contributed by atoms with Crippen LogP contribution in [-0.4, -0.2) is 138 Å². The number of nitrogens with zero attached hydrogens (tertiary/aromatic N) is 9. The van der Waals surface area contributed by atoms with Crippen molar-refractivity contribution in [3.63, 3.8) is 0 Å². The second-order valence-corrected chi connectivity index (χ2v) is 22.9. The van der Waals surface area contributed by atoms with Gasteiger partial charge >= 0.3 is 6.01 Å². The molecule has 11 rings (SSSR count). The summed E-state index contributed by atoms with van der Waals surface area (Å²) >= 11 is 1.54. The van der Waals surface area contributed by atoms with Crippen molar-refractivity contribution >= 4 is 50.8 Å². The topological polar surface area (TPSA) is 231 Å². The molecule has 3 fully saturated rings. The summed E-state index contributed by atoms with van der Waals surface area (Å²) in [5.74, 6) is -0.0678. The molecular weight excluding hydrogens is 1050 g/mol. The number of hydrogen-bond acceptors (Lipinski definition) is 16. The molecule has 424 valence electrons. The number of halogens is 1. The number of carbonyl (C=O) groups excluding carboxylic acids is 2. The first kappa shape index (κ1) is 55.5. The summed E-state index contributed by atoms with van der Waals surface area (Å²) in [6.07, 6.45) is 5.18. The Kier molecular flexibility index (Phi) is 16.1. The third-order valence-corrected chi connectivity index (χ3v) is 17.0. The number of likely N-dealkylation sites (tertiary alicyclic amines) is 1. The lowest BCUT2D eigenvalue weighted by Gasteiger charge is -2.30. The summed E-state index contributed by atoms with van der Waals surface area (Å²) in [7, 11) is 1.63. The number of thiazole rings is 1. The lowest BCUT2D eigenvalue weighted by molar-refractivity contribution is -0.142. The monoisotopic (exact) mass is 1120 g/mol. The SMILES string of the molecule is CO[C@@H](C)COc1nc(N2CCNCC[C@H]2C)c2cc(C3CC3)c(-c3c(C)c(F)cc4[nH]ncc34)c(OCc3ccc(-c4cn([C@H](C(=O)N5C[C@H](O)C[C@H]5C(=O)N[C@@H](CO)c5ccc(-c6scnc6C)cc5)C(C)C)nn4)cc3)c2n1. The highest BCUT2D eigenvalue weighted by Crippen LogP contribution is 2.53. The predicted octanol–water partition coefficient (Wildman–Crippen LogP) is 8.38. The first-order valence-corrected chi connectivity index (χ1v) is 28.8. The standard InChI is InChI=1S/C60H69FN12O7S/c1-32(2)54(59(77)72-26-42(75)22-50(72)58(76)65-49(28-74)40-14-16-41(17-15-40)56-36(6)63-31-81-56)73-27-48(69-70-73)39-10-8-37(9-11-39)30-79-55-52(51-35(5)46(61)24-47-45(51)25-64-68-47)43(38-12-13-38)23-44-53(55)66-60(80-29-34(4)78-7)67-57(44)71-21-20-62-19-18-33(71)3/h8-11,14-17,23-25,27,31-34,38,42,49-50,54,62,74-75H,12-13,18-22,26,28-30H2,1-7H3,(H,64,68)(H,65,76)/t33-,34+,42-,49+,50+,54+/m1/s1. The van der Waals surface area contributed by atoms with Gasteiger partial charge in [0.25, 0.3) is 0 Å². The second-order valence-electron chi connectivity index (χ2n) is 22.1. The van der Waals surface area contributed by atoms with Gasteiger partial charge < -0.3 is 44.9 Å². The van der Waals surface area contributed by atoms with Crippen LogP contribution in [0.25, 0.3) is 54.6 Å². The number of nitrogens with one attached hydrogen (secondary N) is 3. The number of hydrogen-bond donors (Lipinski definition) is 5. The molecule has 21 heteroatoms. The molecule has 6 atom stereocenters. The summed E-state index contributed by atoms with van der Waals surface area (Å²) in [6, 6.07) is 16.8. The summed E-state index contributed by atoms with van der Waals surface area (Å²) in [5, 5.41) is 45.7. The number of carbonyl (C=O) groups is 2. The molecule has 0 radical (unpaired) electrons. The van der Waals surface area contributed by atoms with Crippen molar-refractivity contribution in [3.8, 4) is 44.6 Å². The first-order chi connectivity index (χ1) is 39.2. The average Bonchev–Trinajstić information content (AvgIpc) is 3.82. The van der Waals surface area contributed by atoms with Crippen molar-refractivity contribution in [1.29, 1.82) is 0 Å². The van der Waals surface area contributed by atoms with Gasteiger partial charge in [-0.15, -0.1) is 16.4 Å². The number of ether oxygens (including phenoxy) is 3. The number of methoxy groups -OCH3 is 1. The summed E-state index contributed by atoms with van der Waals surface area (Å²) in [4.78, 5) is 48.0. The van der Waals surface area contributed by atoms with E-state index in [0.29, 0.717) is 45.7 Å². The lowest BCUT2D eigenvalue weighted by atomic mass is 9.88. The van der Waals surface area contributed by atoms with Crippen LogP contribution < -0.4 is 25.0 Å². The fourth-order valence-electron chi connectivity index (χ4n) is 11.3. The van der Waals surface area contributed by atoms with E-state index in [2.05, 4.69) is 54.0 Å². The van der Waals surface area contributed by atoms with Crippen LogP contribution in [0, 0.1) is 25.6 Å². The Labute approximate surface area is 473 Å². The van der Waals surface area contributed by atoms with Gasteiger partial charge in [-0.05, 0) is 105 Å². The minimum absolute atomic E-state index is 0.0400. The zero-order valence-electron chi connectivity index (χ0n) is 46.6. The number of β-amino-alcohol motifs (C(OH)–C–C–N with tert-alkyl or cyclic N) is 1. The van der Waals surface area contributed by atoms with Gasteiger partial charge in [0.05, 0.1) is 58.8 Å². The van der Waals surface area contributed by atoms with Gasteiger partial charge in [-0.2, -0.15) is 15.1 Å². The number of benzene rings is 4. The van der Waals surface area contributed by atoms with E-state index in [1.165, 1.54) is 15.6 Å². The zero-order chi connectivity index (χ0) is 56.6. The van der Waals surface area contributed by atoms with Crippen LogP contribution >= 0.6 is 11.3 Å². The fraction of sp³-hybridized carbons (Fsp3) is 0.433. The zero-order valence-corrected chi connectivity index (χ0v) is 47.5. The Morgan fingerprint density at radius 2 is 1.74 bits per heavy atom. The van der Waals surface area contributed by atoms with Gasteiger partial charge in [-0.1, -0.05) is 67.6 Å². The van der Waals surface area contributed by atoms with Crippen LogP contribution in [0.15, 0.2) is 78.6 Å². The Balaban J connectivity index is 0.879. The first-order valence-electron chi connectivity index (χ1n) is 27.9. The van der Waals surface area contributed by atoms with E-state index in [1.807, 2.05) is 76.2 Å². The van der Waals surface area contributed by atoms with Gasteiger partial charge in [-0.3, -0.25) is 14.7 Å². The van der Waals surface area contributed by atoms with E-state index in [-0.39, 0.29) is 74.5 Å². The highest BCUT2D eigenvalue weighted by molar-refractivity contribution is 7.13. The number of aliphatic hydroxyl groups excluding tert-OH is 2. The lowest BCUT2D eigenvalue weighted by Crippen LogP contribution is -2.50. The van der Waals surface area contributed by atoms with Gasteiger partial charge in [0.15, 0.2) is 5.75 Å². The van der Waals surface area contributed by atoms with Crippen LogP contribution in [-0.2, 0) is 20.9 Å². The summed E-state index contributed by atoms with van der Waals surface area (Å²) in [5.41, 5.74) is 10.6. The third kappa shape index (κ3) is 11.3. The minimum Gasteiger partial charge on any atom is -0.486 e. The molecule has 5 N–H and O–H groups in total. The van der Waals surface area contributed by atoms with Crippen LogP contribution in [0.2, 0.25) is 0 Å². The molecule has 8 aromatic rings. The third-order valence-electron chi connectivity index (χ3n) is 16.1. The van der Waals surface area contributed by atoms with Gasteiger partial charge in [0.2, 0.25) is 11.8 Å². The number of H-pyrrole nitrogens is 1. The quantitative estimate of drug-likeness (QED) is 0.0512. The molecule has 0 spiro atoms. The number of aliphatic hydroxyl groups is 2. The maximum atomic E-state index is 16.1.